The quantitative estimate of drug-likeness (QED) is 0.843. The molecule has 2 aromatic carbocycles. The maximum Gasteiger partial charge on any atom is 0.318 e. The van der Waals surface area contributed by atoms with Crippen LogP contribution < -0.4 is 5.32 Å². The van der Waals surface area contributed by atoms with E-state index >= 15 is 0 Å². The Morgan fingerprint density at radius 3 is 2.23 bits per heavy atom. The highest BCUT2D eigenvalue weighted by Gasteiger charge is 2.16. The van der Waals surface area contributed by atoms with Crippen LogP contribution in [0.25, 0.3) is 0 Å². The van der Waals surface area contributed by atoms with E-state index in [2.05, 4.69) is 24.4 Å². The van der Waals surface area contributed by atoms with Crippen molar-refractivity contribution in [1.82, 2.24) is 10.2 Å². The number of hydrogen-bond acceptors (Lipinski definition) is 1. The first kappa shape index (κ1) is 16.1. The van der Waals surface area contributed by atoms with E-state index in [9.17, 15) is 4.79 Å². The van der Waals surface area contributed by atoms with Crippen molar-refractivity contribution in [1.29, 1.82) is 0 Å². The maximum atomic E-state index is 12.5. The van der Waals surface area contributed by atoms with Crippen LogP contribution in [0.2, 0.25) is 0 Å². The molecule has 2 amide bonds. The molecule has 0 aromatic heterocycles. The Morgan fingerprint density at radius 2 is 1.64 bits per heavy atom. The zero-order chi connectivity index (χ0) is 15.8. The number of urea groups is 1. The molecule has 0 saturated heterocycles. The Labute approximate surface area is 133 Å². The first-order valence-corrected chi connectivity index (χ1v) is 7.85. The van der Waals surface area contributed by atoms with E-state index in [1.807, 2.05) is 60.4 Å². The summed E-state index contributed by atoms with van der Waals surface area (Å²) in [5.74, 6) is 0. The van der Waals surface area contributed by atoms with Crippen molar-refractivity contribution in [3.05, 3.63) is 71.8 Å². The third-order valence-electron chi connectivity index (χ3n) is 3.64. The summed E-state index contributed by atoms with van der Waals surface area (Å²) in [6.07, 6.45) is 0.944. The van der Waals surface area contributed by atoms with Gasteiger partial charge in [-0.25, -0.2) is 4.79 Å². The highest BCUT2D eigenvalue weighted by Crippen LogP contribution is 2.13. The van der Waals surface area contributed by atoms with Crippen LogP contribution in [0, 0.1) is 0 Å². The number of hydrogen-bond donors (Lipinski definition) is 1. The van der Waals surface area contributed by atoms with Gasteiger partial charge in [0.25, 0.3) is 0 Å². The second kappa shape index (κ2) is 8.23. The lowest BCUT2D eigenvalue weighted by Crippen LogP contribution is -2.41. The average molecular weight is 296 g/mol. The lowest BCUT2D eigenvalue weighted by molar-refractivity contribution is 0.192. The minimum Gasteiger partial charge on any atom is -0.331 e. The molecule has 0 bridgehead atoms. The van der Waals surface area contributed by atoms with E-state index in [0.29, 0.717) is 6.54 Å². The van der Waals surface area contributed by atoms with E-state index in [0.717, 1.165) is 24.1 Å². The van der Waals surface area contributed by atoms with Crippen molar-refractivity contribution in [2.24, 2.45) is 0 Å². The molecule has 2 aromatic rings. The summed E-state index contributed by atoms with van der Waals surface area (Å²) >= 11 is 0. The van der Waals surface area contributed by atoms with Crippen LogP contribution in [0.3, 0.4) is 0 Å². The predicted octanol–water partition coefficient (Wildman–Crippen LogP) is 4.37. The van der Waals surface area contributed by atoms with Crippen molar-refractivity contribution >= 4 is 6.03 Å². The van der Waals surface area contributed by atoms with Crippen LogP contribution in [0.1, 0.15) is 37.4 Å². The Hall–Kier alpha value is -2.29. The Bertz CT molecular complexity index is 569. The van der Waals surface area contributed by atoms with Crippen molar-refractivity contribution in [3.8, 4) is 0 Å². The molecule has 0 fully saturated rings. The summed E-state index contributed by atoms with van der Waals surface area (Å²) in [7, 11) is 0. The molecular formula is C19H24N2O. The molecule has 116 valence electrons. The molecule has 0 spiro atoms. The van der Waals surface area contributed by atoms with Crippen molar-refractivity contribution < 1.29 is 4.79 Å². The fourth-order valence-electron chi connectivity index (χ4n) is 2.43. The third-order valence-corrected chi connectivity index (χ3v) is 3.64. The fourth-order valence-corrected chi connectivity index (χ4v) is 2.43. The van der Waals surface area contributed by atoms with E-state index in [-0.39, 0.29) is 12.1 Å². The molecule has 0 heterocycles. The van der Waals surface area contributed by atoms with Crippen LogP contribution in [0.5, 0.6) is 0 Å². The molecule has 3 nitrogen and oxygen atoms in total. The third kappa shape index (κ3) is 4.62. The fraction of sp³-hybridized carbons (Fsp3) is 0.316. The van der Waals surface area contributed by atoms with Gasteiger partial charge in [0.15, 0.2) is 0 Å². The highest BCUT2D eigenvalue weighted by molar-refractivity contribution is 5.74. The van der Waals surface area contributed by atoms with E-state index in [1.165, 1.54) is 0 Å². The first-order valence-electron chi connectivity index (χ1n) is 7.85. The van der Waals surface area contributed by atoms with Gasteiger partial charge >= 0.3 is 6.03 Å². The van der Waals surface area contributed by atoms with E-state index < -0.39 is 0 Å². The SMILES string of the molecule is CCCN(Cc1ccccc1)C(=O)NC(C)c1ccccc1. The Morgan fingerprint density at radius 1 is 1.05 bits per heavy atom. The Kier molecular flexibility index (Phi) is 6.01. The summed E-state index contributed by atoms with van der Waals surface area (Å²) < 4.78 is 0. The van der Waals surface area contributed by atoms with Gasteiger partial charge in [-0.15, -0.1) is 0 Å². The second-order valence-electron chi connectivity index (χ2n) is 5.49. The molecule has 0 aliphatic rings. The van der Waals surface area contributed by atoms with Crippen LogP contribution in [0.4, 0.5) is 4.79 Å². The molecular weight excluding hydrogens is 272 g/mol. The summed E-state index contributed by atoms with van der Waals surface area (Å²) in [5, 5.41) is 3.09. The second-order valence-corrected chi connectivity index (χ2v) is 5.49. The number of amides is 2. The van der Waals surface area contributed by atoms with Crippen LogP contribution >= 0.6 is 0 Å². The smallest absolute Gasteiger partial charge is 0.318 e. The number of carbonyl (C=O) groups is 1. The summed E-state index contributed by atoms with van der Waals surface area (Å²) in [4.78, 5) is 14.4. The molecule has 1 unspecified atom stereocenters. The monoisotopic (exact) mass is 296 g/mol. The maximum absolute atomic E-state index is 12.5. The minimum atomic E-state index is -0.0120. The molecule has 0 aliphatic heterocycles. The van der Waals surface area contributed by atoms with Crippen molar-refractivity contribution in [2.45, 2.75) is 32.9 Å². The number of carbonyl (C=O) groups excluding carboxylic acids is 1. The van der Waals surface area contributed by atoms with Gasteiger partial charge in [0.1, 0.15) is 0 Å². The van der Waals surface area contributed by atoms with Crippen LogP contribution in [0.15, 0.2) is 60.7 Å². The lowest BCUT2D eigenvalue weighted by Gasteiger charge is -2.25. The predicted molar refractivity (Wildman–Crippen MR) is 90.5 cm³/mol. The van der Waals surface area contributed by atoms with E-state index in [4.69, 9.17) is 0 Å². The van der Waals surface area contributed by atoms with Gasteiger partial charge in [0.2, 0.25) is 0 Å². The Balaban J connectivity index is 2.00. The standard InChI is InChI=1S/C19H24N2O/c1-3-14-21(15-17-10-6-4-7-11-17)19(22)20-16(2)18-12-8-5-9-13-18/h4-13,16H,3,14-15H2,1-2H3,(H,20,22). The highest BCUT2D eigenvalue weighted by atomic mass is 16.2. The van der Waals surface area contributed by atoms with Gasteiger partial charge < -0.3 is 10.2 Å². The molecule has 0 aliphatic carbocycles. The largest absolute Gasteiger partial charge is 0.331 e. The molecule has 0 saturated carbocycles. The first-order chi connectivity index (χ1) is 10.7. The van der Waals surface area contributed by atoms with Crippen molar-refractivity contribution in [2.75, 3.05) is 6.54 Å². The molecule has 0 radical (unpaired) electrons. The van der Waals surface area contributed by atoms with Gasteiger partial charge in [0, 0.05) is 13.1 Å². The summed E-state index contributed by atoms with van der Waals surface area (Å²) in [6.45, 7) is 5.50. The zero-order valence-corrected chi connectivity index (χ0v) is 13.3. The van der Waals surface area contributed by atoms with Gasteiger partial charge in [-0.1, -0.05) is 67.6 Å². The summed E-state index contributed by atoms with van der Waals surface area (Å²) in [5.41, 5.74) is 2.27. The van der Waals surface area contributed by atoms with Crippen molar-refractivity contribution in [3.63, 3.8) is 0 Å². The number of nitrogens with zero attached hydrogens (tertiary/aromatic N) is 1. The van der Waals surface area contributed by atoms with Crippen LogP contribution in [-0.4, -0.2) is 17.5 Å². The topological polar surface area (TPSA) is 32.3 Å². The zero-order valence-electron chi connectivity index (χ0n) is 13.3. The molecule has 2 rings (SSSR count). The van der Waals surface area contributed by atoms with Gasteiger partial charge in [0.05, 0.1) is 6.04 Å². The number of benzene rings is 2. The van der Waals surface area contributed by atoms with Crippen LogP contribution in [-0.2, 0) is 6.54 Å². The molecule has 1 N–H and O–H groups in total. The molecule has 22 heavy (non-hydrogen) atoms. The minimum absolute atomic E-state index is 0.00355. The van der Waals surface area contributed by atoms with Gasteiger partial charge in [-0.2, -0.15) is 0 Å². The lowest BCUT2D eigenvalue weighted by atomic mass is 10.1. The number of rotatable bonds is 6. The number of nitrogens with one attached hydrogen (secondary N) is 1. The molecule has 3 heteroatoms. The van der Waals surface area contributed by atoms with Gasteiger partial charge in [-0.3, -0.25) is 0 Å². The normalized spacial score (nSPS) is 11.7. The van der Waals surface area contributed by atoms with E-state index in [1.54, 1.807) is 0 Å². The molecule has 1 atom stereocenters. The average Bonchev–Trinajstić information content (AvgIpc) is 2.56. The summed E-state index contributed by atoms with van der Waals surface area (Å²) in [6, 6.07) is 20.1. The van der Waals surface area contributed by atoms with Gasteiger partial charge in [-0.05, 0) is 24.5 Å².